The molecule has 12 heteroatoms. The first-order valence-corrected chi connectivity index (χ1v) is 7.69. The Morgan fingerprint density at radius 1 is 1.42 bits per heavy atom. The minimum absolute atomic E-state index is 0.0131. The molecule has 0 amide bonds. The van der Waals surface area contributed by atoms with E-state index in [4.69, 9.17) is 16.9 Å². The van der Waals surface area contributed by atoms with E-state index >= 15 is 0 Å². The highest BCUT2D eigenvalue weighted by molar-refractivity contribution is 7.88. The van der Waals surface area contributed by atoms with Crippen LogP contribution in [0, 0.1) is 17.1 Å². The Balaban J connectivity index is 2.75. The van der Waals surface area contributed by atoms with Crippen molar-refractivity contribution in [2.75, 3.05) is 0 Å². The van der Waals surface area contributed by atoms with E-state index in [0.29, 0.717) is 6.07 Å². The molecule has 6 nitrogen and oxygen atoms in total. The largest absolute Gasteiger partial charge is 0.534 e. The van der Waals surface area contributed by atoms with Crippen LogP contribution in [0.4, 0.5) is 17.6 Å². The number of hydrogen-bond acceptors (Lipinski definition) is 5. The second-order valence-electron chi connectivity index (χ2n) is 4.36. The zero-order chi connectivity index (χ0) is 18.3. The Morgan fingerprint density at radius 3 is 2.50 bits per heavy atom. The van der Waals surface area contributed by atoms with Gasteiger partial charge in [-0.25, -0.2) is 4.39 Å². The molecule has 0 aliphatic rings. The molecule has 0 saturated carbocycles. The van der Waals surface area contributed by atoms with Crippen LogP contribution in [0.1, 0.15) is 5.56 Å². The van der Waals surface area contributed by atoms with Crippen LogP contribution in [-0.4, -0.2) is 23.7 Å². The number of aryl methyl sites for hydroxylation is 1. The molecule has 128 valence electrons. The van der Waals surface area contributed by atoms with Crippen molar-refractivity contribution in [3.05, 3.63) is 34.7 Å². The van der Waals surface area contributed by atoms with Crippen molar-refractivity contribution >= 4 is 21.7 Å². The normalized spacial score (nSPS) is 12.0. The van der Waals surface area contributed by atoms with Crippen LogP contribution in [0.15, 0.2) is 18.3 Å². The van der Waals surface area contributed by atoms with Crippen molar-refractivity contribution in [3.63, 3.8) is 0 Å². The zero-order valence-corrected chi connectivity index (χ0v) is 13.2. The quantitative estimate of drug-likeness (QED) is 0.462. The van der Waals surface area contributed by atoms with Gasteiger partial charge in [0.15, 0.2) is 11.6 Å². The average molecular weight is 384 g/mol. The first-order valence-electron chi connectivity index (χ1n) is 5.91. The Hall–Kier alpha value is -2.32. The molecule has 0 N–H and O–H groups in total. The first-order chi connectivity index (χ1) is 11.0. The van der Waals surface area contributed by atoms with Crippen LogP contribution in [0.2, 0.25) is 5.02 Å². The Kier molecular flexibility index (Phi) is 4.47. The van der Waals surface area contributed by atoms with Crippen molar-refractivity contribution in [1.29, 1.82) is 5.26 Å². The van der Waals surface area contributed by atoms with E-state index in [2.05, 4.69) is 9.28 Å². The lowest BCUT2D eigenvalue weighted by Gasteiger charge is -2.14. The van der Waals surface area contributed by atoms with Crippen molar-refractivity contribution in [2.24, 2.45) is 7.05 Å². The number of benzene rings is 1. The topological polar surface area (TPSA) is 85.0 Å². The molecule has 0 unspecified atom stereocenters. The molecular weight excluding hydrogens is 378 g/mol. The number of halogens is 5. The summed E-state index contributed by atoms with van der Waals surface area (Å²) in [6, 6.07) is 3.17. The Bertz CT molecular complexity index is 948. The molecule has 1 heterocycles. The summed E-state index contributed by atoms with van der Waals surface area (Å²) in [7, 11) is -4.68. The summed E-state index contributed by atoms with van der Waals surface area (Å²) in [4.78, 5) is 0. The van der Waals surface area contributed by atoms with Crippen LogP contribution >= 0.6 is 11.6 Å². The fourth-order valence-electron chi connectivity index (χ4n) is 1.80. The first kappa shape index (κ1) is 18.0. The minimum atomic E-state index is -6.06. The van der Waals surface area contributed by atoms with Gasteiger partial charge in [0.1, 0.15) is 11.6 Å². The average Bonchev–Trinajstić information content (AvgIpc) is 2.86. The monoisotopic (exact) mass is 383 g/mol. The molecule has 24 heavy (non-hydrogen) atoms. The van der Waals surface area contributed by atoms with E-state index in [1.165, 1.54) is 25.4 Å². The summed E-state index contributed by atoms with van der Waals surface area (Å²) < 4.78 is 79.0. The number of rotatable bonds is 3. The molecule has 2 rings (SSSR count). The van der Waals surface area contributed by atoms with Gasteiger partial charge in [-0.15, -0.1) is 0 Å². The summed E-state index contributed by atoms with van der Waals surface area (Å²) >= 11 is 5.59. The van der Waals surface area contributed by atoms with Gasteiger partial charge in [-0.3, -0.25) is 4.68 Å². The van der Waals surface area contributed by atoms with Crippen LogP contribution in [-0.2, 0) is 17.2 Å². The van der Waals surface area contributed by atoms with E-state index in [0.717, 1.165) is 4.68 Å². The standard InChI is InChI=1S/C12H6ClF4N3O3S/c1-20-8(2-3-19-20)10-6(5-18)9(4-7(13)11(10)14)23-24(21,22)12(15,16)17/h2-4H,1H3. The molecule has 2 aromatic rings. The van der Waals surface area contributed by atoms with Crippen LogP contribution in [0.5, 0.6) is 5.75 Å². The maximum absolute atomic E-state index is 14.3. The molecular formula is C12H6ClF4N3O3S. The number of hydrogen-bond donors (Lipinski definition) is 0. The van der Waals surface area contributed by atoms with E-state index in [1.807, 2.05) is 0 Å². The summed E-state index contributed by atoms with van der Waals surface area (Å²) in [6.45, 7) is 0. The molecule has 0 aliphatic carbocycles. The molecule has 0 radical (unpaired) electrons. The van der Waals surface area contributed by atoms with E-state index < -0.39 is 43.3 Å². The fraction of sp³-hybridized carbons (Fsp3) is 0.167. The smallest absolute Gasteiger partial charge is 0.375 e. The van der Waals surface area contributed by atoms with Gasteiger partial charge in [-0.2, -0.15) is 31.9 Å². The van der Waals surface area contributed by atoms with Crippen molar-refractivity contribution < 1.29 is 30.2 Å². The number of alkyl halides is 3. The second-order valence-corrected chi connectivity index (χ2v) is 6.30. The number of aromatic nitrogens is 2. The molecule has 0 spiro atoms. The van der Waals surface area contributed by atoms with Crippen LogP contribution < -0.4 is 4.18 Å². The SMILES string of the molecule is Cn1nccc1-c1c(F)c(Cl)cc(OS(=O)(=O)C(F)(F)F)c1C#N. The summed E-state index contributed by atoms with van der Waals surface area (Å²) in [6.07, 6.45) is 1.24. The van der Waals surface area contributed by atoms with Gasteiger partial charge < -0.3 is 4.18 Å². The van der Waals surface area contributed by atoms with Gasteiger partial charge in [0.25, 0.3) is 0 Å². The maximum Gasteiger partial charge on any atom is 0.534 e. The number of nitrogens with zero attached hydrogens (tertiary/aromatic N) is 3. The predicted octanol–water partition coefficient (Wildman–Crippen LogP) is 2.98. The van der Waals surface area contributed by atoms with E-state index in [-0.39, 0.29) is 5.69 Å². The van der Waals surface area contributed by atoms with Gasteiger partial charge in [0.05, 0.1) is 16.3 Å². The fourth-order valence-corrected chi connectivity index (χ4v) is 2.46. The van der Waals surface area contributed by atoms with E-state index in [1.54, 1.807) is 0 Å². The molecule has 0 fully saturated rings. The third-order valence-electron chi connectivity index (χ3n) is 2.86. The zero-order valence-electron chi connectivity index (χ0n) is 11.6. The summed E-state index contributed by atoms with van der Waals surface area (Å²) in [5.74, 6) is -2.18. The maximum atomic E-state index is 14.3. The highest BCUT2D eigenvalue weighted by atomic mass is 35.5. The van der Waals surface area contributed by atoms with Gasteiger partial charge >= 0.3 is 15.6 Å². The Labute approximate surface area is 137 Å². The summed E-state index contributed by atoms with van der Waals surface area (Å²) in [5.41, 5.74) is -7.04. The second kappa shape index (κ2) is 5.95. The van der Waals surface area contributed by atoms with Gasteiger partial charge in [0.2, 0.25) is 0 Å². The lowest BCUT2D eigenvalue weighted by atomic mass is 10.0. The van der Waals surface area contributed by atoms with Crippen LogP contribution in [0.25, 0.3) is 11.3 Å². The minimum Gasteiger partial charge on any atom is -0.375 e. The third-order valence-corrected chi connectivity index (χ3v) is 4.10. The molecule has 0 atom stereocenters. The van der Waals surface area contributed by atoms with Crippen LogP contribution in [0.3, 0.4) is 0 Å². The lowest BCUT2D eigenvalue weighted by Crippen LogP contribution is -2.28. The predicted molar refractivity (Wildman–Crippen MR) is 73.9 cm³/mol. The summed E-state index contributed by atoms with van der Waals surface area (Å²) in [5, 5.41) is 12.2. The van der Waals surface area contributed by atoms with E-state index in [9.17, 15) is 26.0 Å². The van der Waals surface area contributed by atoms with Gasteiger partial charge in [0, 0.05) is 19.3 Å². The van der Waals surface area contributed by atoms with Crippen molar-refractivity contribution in [1.82, 2.24) is 9.78 Å². The number of nitriles is 1. The van der Waals surface area contributed by atoms with Crippen molar-refractivity contribution in [3.8, 4) is 23.1 Å². The van der Waals surface area contributed by atoms with Crippen molar-refractivity contribution in [2.45, 2.75) is 5.51 Å². The molecule has 0 bridgehead atoms. The Morgan fingerprint density at radius 2 is 2.04 bits per heavy atom. The molecule has 1 aromatic carbocycles. The van der Waals surface area contributed by atoms with Gasteiger partial charge in [-0.1, -0.05) is 11.6 Å². The highest BCUT2D eigenvalue weighted by Gasteiger charge is 2.49. The molecule has 0 aliphatic heterocycles. The highest BCUT2D eigenvalue weighted by Crippen LogP contribution is 2.39. The molecule has 0 saturated heterocycles. The third kappa shape index (κ3) is 3.02. The van der Waals surface area contributed by atoms with Gasteiger partial charge in [-0.05, 0) is 6.07 Å². The molecule has 1 aromatic heterocycles. The lowest BCUT2D eigenvalue weighted by molar-refractivity contribution is -0.0500.